The van der Waals surface area contributed by atoms with Gasteiger partial charge in [0, 0.05) is 13.1 Å². The van der Waals surface area contributed by atoms with Crippen molar-refractivity contribution in [3.63, 3.8) is 0 Å². The number of aryl methyl sites for hydroxylation is 1. The van der Waals surface area contributed by atoms with E-state index in [1.54, 1.807) is 11.8 Å². The lowest BCUT2D eigenvalue weighted by molar-refractivity contribution is -0.0898. The molecule has 0 bridgehead atoms. The van der Waals surface area contributed by atoms with Crippen molar-refractivity contribution in [3.05, 3.63) is 29.1 Å². The number of carboxylic acids is 1. The predicted molar refractivity (Wildman–Crippen MR) is 76.5 cm³/mol. The van der Waals surface area contributed by atoms with Crippen molar-refractivity contribution in [1.29, 1.82) is 0 Å². The van der Waals surface area contributed by atoms with Crippen molar-refractivity contribution in [2.45, 2.75) is 32.8 Å². The smallest absolute Gasteiger partial charge is 0.337 e. The number of amides is 1. The van der Waals surface area contributed by atoms with Crippen molar-refractivity contribution in [2.24, 2.45) is 0 Å². The number of pyridine rings is 1. The monoisotopic (exact) mass is 292 g/mol. The molecule has 1 aromatic heterocycles. The third-order valence-corrected chi connectivity index (χ3v) is 3.91. The second-order valence-corrected chi connectivity index (χ2v) is 5.51. The number of carbonyl (C=O) groups is 2. The molecule has 0 spiro atoms. The van der Waals surface area contributed by atoms with Crippen molar-refractivity contribution in [1.82, 2.24) is 9.88 Å². The maximum atomic E-state index is 12.5. The van der Waals surface area contributed by atoms with Gasteiger partial charge in [-0.15, -0.1) is 0 Å². The first kappa shape index (κ1) is 15.4. The highest BCUT2D eigenvalue weighted by atomic mass is 16.5. The van der Waals surface area contributed by atoms with E-state index in [1.165, 1.54) is 12.1 Å². The Bertz CT molecular complexity index is 573. The van der Waals surface area contributed by atoms with Gasteiger partial charge in [-0.2, -0.15) is 0 Å². The van der Waals surface area contributed by atoms with Crippen molar-refractivity contribution < 1.29 is 19.4 Å². The summed E-state index contributed by atoms with van der Waals surface area (Å²) in [6.45, 7) is 7.15. The molecule has 0 saturated carbocycles. The second-order valence-electron chi connectivity index (χ2n) is 5.51. The SMILES string of the molecule is CCC1(C)CN(C(=O)c2ccc(C(=O)O)c(C)n2)CCO1. The molecule has 1 saturated heterocycles. The van der Waals surface area contributed by atoms with Gasteiger partial charge in [-0.3, -0.25) is 4.79 Å². The highest BCUT2D eigenvalue weighted by Crippen LogP contribution is 2.22. The Morgan fingerprint density at radius 2 is 2.19 bits per heavy atom. The minimum atomic E-state index is -1.04. The maximum Gasteiger partial charge on any atom is 0.337 e. The number of morpholine rings is 1. The number of aromatic carboxylic acids is 1. The van der Waals surface area contributed by atoms with Gasteiger partial charge in [-0.1, -0.05) is 6.92 Å². The van der Waals surface area contributed by atoms with Crippen LogP contribution in [0.25, 0.3) is 0 Å². The van der Waals surface area contributed by atoms with Crippen LogP contribution in [0.5, 0.6) is 0 Å². The van der Waals surface area contributed by atoms with E-state index in [1.807, 2.05) is 13.8 Å². The number of nitrogens with zero attached hydrogens (tertiary/aromatic N) is 2. The van der Waals surface area contributed by atoms with Crippen LogP contribution < -0.4 is 0 Å². The van der Waals surface area contributed by atoms with E-state index in [-0.39, 0.29) is 22.8 Å². The number of aromatic nitrogens is 1. The molecule has 114 valence electrons. The Morgan fingerprint density at radius 3 is 2.76 bits per heavy atom. The minimum Gasteiger partial charge on any atom is -0.478 e. The molecule has 6 nitrogen and oxygen atoms in total. The molecule has 1 N–H and O–H groups in total. The van der Waals surface area contributed by atoms with E-state index in [2.05, 4.69) is 4.98 Å². The van der Waals surface area contributed by atoms with Gasteiger partial charge in [-0.05, 0) is 32.4 Å². The Kier molecular flexibility index (Phi) is 4.27. The summed E-state index contributed by atoms with van der Waals surface area (Å²) in [5.41, 5.74) is 0.411. The normalized spacial score (nSPS) is 22.1. The summed E-state index contributed by atoms with van der Waals surface area (Å²) in [5.74, 6) is -1.22. The third-order valence-electron chi connectivity index (χ3n) is 3.91. The Labute approximate surface area is 123 Å². The van der Waals surface area contributed by atoms with Crippen LogP contribution in [0.1, 0.15) is 46.8 Å². The first-order chi connectivity index (χ1) is 9.86. The molecular weight excluding hydrogens is 272 g/mol. The standard InChI is InChI=1S/C15H20N2O4/c1-4-15(3)9-17(7-8-21-15)13(18)12-6-5-11(14(19)20)10(2)16-12/h5-6H,4,7-9H2,1-3H3,(H,19,20). The molecule has 0 radical (unpaired) electrons. The van der Waals surface area contributed by atoms with Gasteiger partial charge in [0.25, 0.3) is 5.91 Å². The first-order valence-electron chi connectivity index (χ1n) is 7.00. The molecule has 2 heterocycles. The van der Waals surface area contributed by atoms with Crippen LogP contribution in [-0.4, -0.2) is 52.2 Å². The van der Waals surface area contributed by atoms with Gasteiger partial charge in [0.05, 0.1) is 23.5 Å². The van der Waals surface area contributed by atoms with Crippen LogP contribution in [0, 0.1) is 6.92 Å². The molecule has 1 aliphatic heterocycles. The molecule has 1 atom stereocenters. The van der Waals surface area contributed by atoms with Gasteiger partial charge in [0.2, 0.25) is 0 Å². The van der Waals surface area contributed by atoms with E-state index in [9.17, 15) is 9.59 Å². The van der Waals surface area contributed by atoms with Gasteiger partial charge >= 0.3 is 5.97 Å². The molecule has 6 heteroatoms. The molecule has 0 aliphatic carbocycles. The van der Waals surface area contributed by atoms with E-state index in [4.69, 9.17) is 9.84 Å². The highest BCUT2D eigenvalue weighted by Gasteiger charge is 2.33. The molecule has 2 rings (SSSR count). The highest BCUT2D eigenvalue weighted by molar-refractivity contribution is 5.94. The van der Waals surface area contributed by atoms with E-state index >= 15 is 0 Å². The lowest BCUT2D eigenvalue weighted by atomic mass is 10.0. The fraction of sp³-hybridized carbons (Fsp3) is 0.533. The number of hydrogen-bond acceptors (Lipinski definition) is 4. The predicted octanol–water partition coefficient (Wildman–Crippen LogP) is 1.73. The van der Waals surface area contributed by atoms with E-state index < -0.39 is 5.97 Å². The van der Waals surface area contributed by atoms with E-state index in [0.717, 1.165) is 6.42 Å². The molecular formula is C15H20N2O4. The first-order valence-corrected chi connectivity index (χ1v) is 7.00. The Morgan fingerprint density at radius 1 is 1.48 bits per heavy atom. The molecule has 1 fully saturated rings. The fourth-order valence-corrected chi connectivity index (χ4v) is 2.39. The van der Waals surface area contributed by atoms with Gasteiger partial charge < -0.3 is 14.7 Å². The number of carboxylic acid groups (broad SMARTS) is 1. The van der Waals surface area contributed by atoms with Crippen LogP contribution in [-0.2, 0) is 4.74 Å². The summed E-state index contributed by atoms with van der Waals surface area (Å²) in [6, 6.07) is 2.90. The molecule has 1 aliphatic rings. The van der Waals surface area contributed by atoms with Crippen LogP contribution in [0.3, 0.4) is 0 Å². The number of ether oxygens (including phenoxy) is 1. The van der Waals surface area contributed by atoms with Gasteiger partial charge in [0.1, 0.15) is 5.69 Å². The summed E-state index contributed by atoms with van der Waals surface area (Å²) in [6.07, 6.45) is 0.821. The fourth-order valence-electron chi connectivity index (χ4n) is 2.39. The van der Waals surface area contributed by atoms with Crippen molar-refractivity contribution in [2.75, 3.05) is 19.7 Å². The Balaban J connectivity index is 2.20. The largest absolute Gasteiger partial charge is 0.478 e. The summed E-state index contributed by atoms with van der Waals surface area (Å²) < 4.78 is 5.71. The minimum absolute atomic E-state index is 0.118. The summed E-state index contributed by atoms with van der Waals surface area (Å²) >= 11 is 0. The van der Waals surface area contributed by atoms with Crippen LogP contribution in [0.15, 0.2) is 12.1 Å². The summed E-state index contributed by atoms with van der Waals surface area (Å²) in [4.78, 5) is 29.3. The lowest BCUT2D eigenvalue weighted by Gasteiger charge is -2.39. The number of rotatable bonds is 3. The Hall–Kier alpha value is -1.95. The average Bonchev–Trinajstić information content (AvgIpc) is 2.46. The maximum absolute atomic E-state index is 12.5. The van der Waals surface area contributed by atoms with Crippen LogP contribution >= 0.6 is 0 Å². The van der Waals surface area contributed by atoms with Crippen molar-refractivity contribution in [3.8, 4) is 0 Å². The molecule has 1 aromatic rings. The lowest BCUT2D eigenvalue weighted by Crippen LogP contribution is -2.52. The van der Waals surface area contributed by atoms with Gasteiger partial charge in [0.15, 0.2) is 0 Å². The average molecular weight is 292 g/mol. The summed E-state index contributed by atoms with van der Waals surface area (Å²) in [7, 11) is 0. The quantitative estimate of drug-likeness (QED) is 0.917. The molecule has 0 aromatic carbocycles. The molecule has 1 amide bonds. The second kappa shape index (κ2) is 5.81. The topological polar surface area (TPSA) is 79.7 Å². The van der Waals surface area contributed by atoms with Crippen LogP contribution in [0.4, 0.5) is 0 Å². The zero-order valence-corrected chi connectivity index (χ0v) is 12.5. The van der Waals surface area contributed by atoms with E-state index in [0.29, 0.717) is 25.4 Å². The number of hydrogen-bond donors (Lipinski definition) is 1. The third kappa shape index (κ3) is 3.21. The van der Waals surface area contributed by atoms with Crippen LogP contribution in [0.2, 0.25) is 0 Å². The van der Waals surface area contributed by atoms with Crippen molar-refractivity contribution >= 4 is 11.9 Å². The summed E-state index contributed by atoms with van der Waals surface area (Å²) in [5, 5.41) is 8.99. The zero-order valence-electron chi connectivity index (χ0n) is 12.5. The van der Waals surface area contributed by atoms with Gasteiger partial charge in [-0.25, -0.2) is 9.78 Å². The zero-order chi connectivity index (χ0) is 15.6. The molecule has 1 unspecified atom stereocenters. The molecule has 21 heavy (non-hydrogen) atoms. The number of carbonyl (C=O) groups excluding carboxylic acids is 1.